The van der Waals surface area contributed by atoms with E-state index in [4.69, 9.17) is 5.11 Å². The van der Waals surface area contributed by atoms with Gasteiger partial charge in [0.05, 0.1) is 17.7 Å². The molecule has 76 valence electrons. The molecule has 0 aliphatic rings. The molecule has 0 amide bonds. The highest BCUT2D eigenvalue weighted by atomic mass is 16.6. The lowest BCUT2D eigenvalue weighted by molar-refractivity contribution is -0.390. The van der Waals surface area contributed by atoms with Gasteiger partial charge in [0, 0.05) is 0 Å². The first-order valence-electron chi connectivity index (χ1n) is 3.98. The van der Waals surface area contributed by atoms with E-state index in [1.165, 1.54) is 6.20 Å². The van der Waals surface area contributed by atoms with Crippen LogP contribution in [-0.4, -0.2) is 26.2 Å². The van der Waals surface area contributed by atoms with E-state index in [9.17, 15) is 14.9 Å². The van der Waals surface area contributed by atoms with Crippen LogP contribution in [0, 0.1) is 10.1 Å². The number of hydrogen-bond donors (Lipinski definition) is 2. The van der Waals surface area contributed by atoms with Gasteiger partial charge >= 0.3 is 11.8 Å². The number of nitrogens with one attached hydrogen (secondary N) is 1. The summed E-state index contributed by atoms with van der Waals surface area (Å²) in [6, 6.07) is 0. The molecule has 0 saturated carbocycles. The smallest absolute Gasteiger partial charge is 0.346 e. The van der Waals surface area contributed by atoms with Crippen LogP contribution in [-0.2, 0) is 4.79 Å². The van der Waals surface area contributed by atoms with Crippen molar-refractivity contribution < 1.29 is 14.8 Å². The molecule has 0 radical (unpaired) electrons. The fourth-order valence-corrected chi connectivity index (χ4v) is 1.22. The van der Waals surface area contributed by atoms with Gasteiger partial charge in [0.2, 0.25) is 0 Å². The summed E-state index contributed by atoms with van der Waals surface area (Å²) in [5, 5.41) is 24.9. The average Bonchev–Trinajstić information content (AvgIpc) is 2.53. The fraction of sp³-hybridized carbons (Fsp3) is 0.429. The van der Waals surface area contributed by atoms with E-state index in [-0.39, 0.29) is 17.8 Å². The minimum atomic E-state index is -1.09. The largest absolute Gasteiger partial charge is 0.481 e. The van der Waals surface area contributed by atoms with Crippen LogP contribution in [0.5, 0.6) is 0 Å². The molecule has 1 unspecified atom stereocenters. The van der Waals surface area contributed by atoms with Gasteiger partial charge in [-0.2, -0.15) is 0 Å². The number of H-pyrrole nitrogens is 1. The van der Waals surface area contributed by atoms with Gasteiger partial charge in [-0.1, -0.05) is 12.0 Å². The molecule has 7 heteroatoms. The molecule has 0 spiro atoms. The van der Waals surface area contributed by atoms with Crippen LogP contribution in [0.15, 0.2) is 6.20 Å². The zero-order chi connectivity index (χ0) is 10.7. The van der Waals surface area contributed by atoms with Gasteiger partial charge in [0.15, 0.2) is 0 Å². The Balaban J connectivity index is 3.10. The van der Waals surface area contributed by atoms with Crippen molar-refractivity contribution in [1.82, 2.24) is 10.2 Å². The third kappa shape index (κ3) is 1.70. The quantitative estimate of drug-likeness (QED) is 0.552. The summed E-state index contributed by atoms with van der Waals surface area (Å²) in [5.74, 6) is -2.31. The summed E-state index contributed by atoms with van der Waals surface area (Å²) in [4.78, 5) is 20.5. The second-order valence-corrected chi connectivity index (χ2v) is 2.73. The van der Waals surface area contributed by atoms with Crippen molar-refractivity contribution in [3.8, 4) is 0 Å². The number of carboxylic acids is 1. The van der Waals surface area contributed by atoms with Gasteiger partial charge in [0.25, 0.3) is 0 Å². The molecule has 0 bridgehead atoms. The molecule has 0 saturated heterocycles. The van der Waals surface area contributed by atoms with Crippen molar-refractivity contribution in [3.05, 3.63) is 21.9 Å². The SMILES string of the molecule is CCC(C(=O)O)c1cn[nH]c1[N+](=O)[O-]. The Kier molecular flexibility index (Phi) is 2.80. The van der Waals surface area contributed by atoms with Crippen LogP contribution in [0.3, 0.4) is 0 Å². The maximum atomic E-state index is 10.7. The normalized spacial score (nSPS) is 12.4. The maximum absolute atomic E-state index is 10.7. The van der Waals surface area contributed by atoms with Gasteiger partial charge in [-0.25, -0.2) is 0 Å². The Hall–Kier alpha value is -1.92. The summed E-state index contributed by atoms with van der Waals surface area (Å²) in [5.41, 5.74) is 0.116. The van der Waals surface area contributed by atoms with Crippen molar-refractivity contribution in [2.24, 2.45) is 0 Å². The van der Waals surface area contributed by atoms with E-state index >= 15 is 0 Å². The van der Waals surface area contributed by atoms with E-state index in [1.807, 2.05) is 0 Å². The van der Waals surface area contributed by atoms with Crippen molar-refractivity contribution in [3.63, 3.8) is 0 Å². The van der Waals surface area contributed by atoms with Crippen LogP contribution in [0.25, 0.3) is 0 Å². The fourth-order valence-electron chi connectivity index (χ4n) is 1.22. The number of rotatable bonds is 4. The zero-order valence-electron chi connectivity index (χ0n) is 7.43. The van der Waals surface area contributed by atoms with E-state index in [0.29, 0.717) is 0 Å². The predicted octanol–water partition coefficient (Wildman–Crippen LogP) is 0.896. The number of hydrogen-bond acceptors (Lipinski definition) is 4. The molecule has 0 fully saturated rings. The first-order chi connectivity index (χ1) is 6.57. The van der Waals surface area contributed by atoms with E-state index in [2.05, 4.69) is 10.2 Å². The molecule has 0 aliphatic heterocycles. The molecule has 0 aromatic carbocycles. The second kappa shape index (κ2) is 3.86. The predicted molar refractivity (Wildman–Crippen MR) is 45.9 cm³/mol. The van der Waals surface area contributed by atoms with Crippen molar-refractivity contribution in [2.75, 3.05) is 0 Å². The number of aromatic nitrogens is 2. The Morgan fingerprint density at radius 3 is 2.93 bits per heavy atom. The number of carbonyl (C=O) groups is 1. The average molecular weight is 199 g/mol. The Morgan fingerprint density at radius 2 is 2.50 bits per heavy atom. The second-order valence-electron chi connectivity index (χ2n) is 2.73. The van der Waals surface area contributed by atoms with Gasteiger partial charge in [0.1, 0.15) is 0 Å². The summed E-state index contributed by atoms with van der Waals surface area (Å²) in [6.45, 7) is 1.65. The molecular formula is C7H9N3O4. The molecule has 1 heterocycles. The Labute approximate surface area is 78.9 Å². The highest BCUT2D eigenvalue weighted by Crippen LogP contribution is 2.26. The summed E-state index contributed by atoms with van der Waals surface area (Å²) >= 11 is 0. The highest BCUT2D eigenvalue weighted by molar-refractivity contribution is 5.77. The molecule has 1 aromatic heterocycles. The van der Waals surface area contributed by atoms with E-state index in [1.54, 1.807) is 6.92 Å². The summed E-state index contributed by atoms with van der Waals surface area (Å²) in [7, 11) is 0. The van der Waals surface area contributed by atoms with Crippen molar-refractivity contribution in [1.29, 1.82) is 0 Å². The molecule has 0 aliphatic carbocycles. The van der Waals surface area contributed by atoms with E-state index in [0.717, 1.165) is 0 Å². The van der Waals surface area contributed by atoms with Crippen LogP contribution in [0.4, 0.5) is 5.82 Å². The van der Waals surface area contributed by atoms with Gasteiger partial charge in [-0.15, -0.1) is 5.10 Å². The van der Waals surface area contributed by atoms with Gasteiger partial charge < -0.3 is 15.2 Å². The number of aromatic amines is 1. The molecule has 1 rings (SSSR count). The highest BCUT2D eigenvalue weighted by Gasteiger charge is 2.27. The molecule has 2 N–H and O–H groups in total. The third-order valence-electron chi connectivity index (χ3n) is 1.91. The Bertz CT molecular complexity index is 360. The Morgan fingerprint density at radius 1 is 1.86 bits per heavy atom. The van der Waals surface area contributed by atoms with Gasteiger partial charge in [-0.3, -0.25) is 4.79 Å². The molecule has 7 nitrogen and oxygen atoms in total. The van der Waals surface area contributed by atoms with Crippen LogP contribution in [0.1, 0.15) is 24.8 Å². The zero-order valence-corrected chi connectivity index (χ0v) is 7.43. The van der Waals surface area contributed by atoms with Crippen LogP contribution < -0.4 is 0 Å². The summed E-state index contributed by atoms with van der Waals surface area (Å²) < 4.78 is 0. The summed E-state index contributed by atoms with van der Waals surface area (Å²) in [6.07, 6.45) is 1.47. The monoisotopic (exact) mass is 199 g/mol. The van der Waals surface area contributed by atoms with Gasteiger partial charge in [-0.05, 0) is 11.3 Å². The first-order valence-corrected chi connectivity index (χ1v) is 3.98. The third-order valence-corrected chi connectivity index (χ3v) is 1.91. The molecular weight excluding hydrogens is 190 g/mol. The topological polar surface area (TPSA) is 109 Å². The van der Waals surface area contributed by atoms with Crippen molar-refractivity contribution >= 4 is 11.8 Å². The van der Waals surface area contributed by atoms with Crippen LogP contribution >= 0.6 is 0 Å². The number of nitrogens with zero attached hydrogens (tertiary/aromatic N) is 2. The standard InChI is InChI=1S/C7H9N3O4/c1-2-4(7(11)12)5-3-8-9-6(5)10(13)14/h3-4H,2H2,1H3,(H,8,9)(H,11,12). The lowest BCUT2D eigenvalue weighted by atomic mass is 9.99. The van der Waals surface area contributed by atoms with E-state index < -0.39 is 16.8 Å². The number of carboxylic acid groups (broad SMARTS) is 1. The first kappa shape index (κ1) is 10.2. The molecule has 14 heavy (non-hydrogen) atoms. The minimum absolute atomic E-state index is 0.116. The van der Waals surface area contributed by atoms with Crippen LogP contribution in [0.2, 0.25) is 0 Å². The maximum Gasteiger partial charge on any atom is 0.346 e. The lowest BCUT2D eigenvalue weighted by Gasteiger charge is -2.05. The number of aliphatic carboxylic acids is 1. The minimum Gasteiger partial charge on any atom is -0.481 e. The molecule has 1 atom stereocenters. The number of nitro groups is 1. The van der Waals surface area contributed by atoms with Crippen molar-refractivity contribution in [2.45, 2.75) is 19.3 Å². The lowest BCUT2D eigenvalue weighted by Crippen LogP contribution is -2.11. The molecule has 1 aromatic rings.